The van der Waals surface area contributed by atoms with Crippen molar-refractivity contribution in [3.63, 3.8) is 0 Å². The third-order valence-corrected chi connectivity index (χ3v) is 15.7. The summed E-state index contributed by atoms with van der Waals surface area (Å²) in [7, 11) is -2.08. The molecule has 2 bridgehead atoms. The molecule has 4 nitrogen and oxygen atoms in total. The Balaban J connectivity index is 1.60. The first kappa shape index (κ1) is 33.2. The molecule has 0 radical (unpaired) electrons. The second-order valence-corrected chi connectivity index (χ2v) is 18.2. The number of hydrogen-bond donors (Lipinski definition) is 0. The molecular formula is C45H45N4P2+. The summed E-state index contributed by atoms with van der Waals surface area (Å²) in [6.07, 6.45) is 2.47. The van der Waals surface area contributed by atoms with E-state index < -0.39 is 15.6 Å². The summed E-state index contributed by atoms with van der Waals surface area (Å²) in [5.41, 5.74) is 15.6. The Labute approximate surface area is 304 Å². The molecule has 0 fully saturated rings. The van der Waals surface area contributed by atoms with Gasteiger partial charge in [0.2, 0.25) is 0 Å². The highest BCUT2D eigenvalue weighted by Crippen LogP contribution is 2.54. The van der Waals surface area contributed by atoms with Gasteiger partial charge in [-0.25, -0.2) is 0 Å². The van der Waals surface area contributed by atoms with E-state index in [2.05, 4.69) is 210 Å². The number of rotatable bonds is 8. The maximum atomic E-state index is 2.88. The average Bonchev–Trinajstić information content (AvgIpc) is 3.12. The van der Waals surface area contributed by atoms with Crippen LogP contribution in [-0.4, -0.2) is 12.5 Å². The van der Waals surface area contributed by atoms with E-state index in [9.17, 15) is 0 Å². The fourth-order valence-corrected chi connectivity index (χ4v) is 15.3. The molecule has 0 unspecified atom stereocenters. The monoisotopic (exact) mass is 703 g/mol. The topological polar surface area (TPSA) is 18.7 Å². The van der Waals surface area contributed by atoms with Gasteiger partial charge in [-0.3, -0.25) is 0 Å². The van der Waals surface area contributed by atoms with E-state index in [1.807, 2.05) is 0 Å². The minimum atomic E-state index is -1.04. The molecule has 0 aliphatic rings. The smallest absolute Gasteiger partial charge is 0.191 e. The zero-order chi connectivity index (χ0) is 35.2. The van der Waals surface area contributed by atoms with E-state index in [0.717, 1.165) is 0 Å². The van der Waals surface area contributed by atoms with Crippen LogP contribution in [0.4, 0.5) is 0 Å². The zero-order valence-electron chi connectivity index (χ0n) is 30.3. The maximum absolute atomic E-state index is 2.88. The molecule has 6 aromatic carbocycles. The molecule has 6 heteroatoms. The van der Waals surface area contributed by atoms with Crippen molar-refractivity contribution in [3.05, 3.63) is 208 Å². The summed E-state index contributed by atoms with van der Waals surface area (Å²) in [4.78, 5) is 0. The second-order valence-electron chi connectivity index (χ2n) is 13.9. The maximum Gasteiger partial charge on any atom is 0.304 e. The molecule has 9 rings (SSSR count). The highest BCUT2D eigenvalue weighted by atomic mass is 31.2. The van der Waals surface area contributed by atoms with Crippen LogP contribution in [0.5, 0.6) is 0 Å². The molecular weight excluding hydrogens is 658 g/mol. The van der Waals surface area contributed by atoms with Crippen LogP contribution in [0.2, 0.25) is 0 Å². The highest BCUT2D eigenvalue weighted by Gasteiger charge is 2.42. The lowest BCUT2D eigenvalue weighted by atomic mass is 10.00. The Morgan fingerprint density at radius 1 is 0.451 bits per heavy atom. The van der Waals surface area contributed by atoms with E-state index in [4.69, 9.17) is 0 Å². The molecule has 0 saturated heterocycles. The summed E-state index contributed by atoms with van der Waals surface area (Å²) >= 11 is 0. The first-order chi connectivity index (χ1) is 24.8. The van der Waals surface area contributed by atoms with Crippen molar-refractivity contribution in [1.82, 2.24) is 12.5 Å². The number of hydrogen-bond acceptors (Lipinski definition) is 0. The third kappa shape index (κ3) is 5.87. The average molecular weight is 704 g/mol. The van der Waals surface area contributed by atoms with Gasteiger partial charge in [-0.2, -0.15) is 16.8 Å². The van der Waals surface area contributed by atoms with Crippen LogP contribution < -0.4 is 4.33 Å². The van der Waals surface area contributed by atoms with Crippen molar-refractivity contribution in [3.8, 4) is 11.4 Å². The summed E-state index contributed by atoms with van der Waals surface area (Å²) in [6, 6.07) is 54.2. The zero-order valence-corrected chi connectivity index (χ0v) is 32.1. The number of nitrogens with zero attached hydrogens (tertiary/aromatic N) is 4. The van der Waals surface area contributed by atoms with Crippen molar-refractivity contribution in [1.29, 1.82) is 0 Å². The predicted molar refractivity (Wildman–Crippen MR) is 215 cm³/mol. The van der Waals surface area contributed by atoms with Crippen LogP contribution in [0.25, 0.3) is 11.4 Å². The molecule has 0 aliphatic heterocycles. The summed E-state index contributed by atoms with van der Waals surface area (Å²) in [6.45, 7) is 13.6. The number of aromatic nitrogens is 4. The van der Waals surface area contributed by atoms with E-state index in [-0.39, 0.29) is 12.1 Å². The van der Waals surface area contributed by atoms with Crippen LogP contribution in [0.1, 0.15) is 67.7 Å². The van der Waals surface area contributed by atoms with Crippen molar-refractivity contribution >= 4 is 15.6 Å². The molecule has 51 heavy (non-hydrogen) atoms. The minimum absolute atomic E-state index is 0.0592. The van der Waals surface area contributed by atoms with Crippen LogP contribution in [0.3, 0.4) is 0 Å². The molecule has 0 atom stereocenters. The van der Waals surface area contributed by atoms with E-state index >= 15 is 0 Å². The SMILES string of the molecule is Cc1cc(C)c(-n2c[n+](-c3c(C)cc(C)cc3C)p3n(C(c4ccccc4)c4ccccc4)p2n3C(c2ccccc2)c2ccccc2)c(C)c1. The first-order valence-corrected chi connectivity index (χ1v) is 20.2. The molecule has 3 aromatic heterocycles. The van der Waals surface area contributed by atoms with Crippen molar-refractivity contribution in [2.75, 3.05) is 0 Å². The predicted octanol–water partition coefficient (Wildman–Crippen LogP) is 11.8. The van der Waals surface area contributed by atoms with Gasteiger partial charge < -0.3 is 0 Å². The molecule has 0 spiro atoms. The fraction of sp³-hybridized carbons (Fsp3) is 0.178. The lowest BCUT2D eigenvalue weighted by Gasteiger charge is -2.34. The minimum Gasteiger partial charge on any atom is -0.191 e. The van der Waals surface area contributed by atoms with E-state index in [1.165, 1.54) is 67.0 Å². The summed E-state index contributed by atoms with van der Waals surface area (Å²) in [5, 5.41) is 0. The second kappa shape index (κ2) is 13.6. The first-order valence-electron chi connectivity index (χ1n) is 17.8. The van der Waals surface area contributed by atoms with Gasteiger partial charge in [0.1, 0.15) is 23.5 Å². The lowest BCUT2D eigenvalue weighted by molar-refractivity contribution is -0.530. The van der Waals surface area contributed by atoms with Gasteiger partial charge in [-0.05, 0) is 86.1 Å². The van der Waals surface area contributed by atoms with Crippen LogP contribution in [0.15, 0.2) is 152 Å². The Hall–Kier alpha value is -5.01. The molecule has 0 aliphatic carbocycles. The number of aryl methyl sites for hydroxylation is 6. The van der Waals surface area contributed by atoms with Gasteiger partial charge in [0, 0.05) is 0 Å². The molecule has 9 aromatic rings. The number of fused-ring (bicyclic) bond motifs is 2. The molecule has 0 saturated carbocycles. The van der Waals surface area contributed by atoms with Gasteiger partial charge >= 0.3 is 15.6 Å². The molecule has 3 heterocycles. The molecule has 0 amide bonds. The van der Waals surface area contributed by atoms with Gasteiger partial charge in [-0.15, -0.1) is 0 Å². The normalized spacial score (nSPS) is 12.4. The Bertz CT molecular complexity index is 2160. The Morgan fingerprint density at radius 2 is 0.784 bits per heavy atom. The van der Waals surface area contributed by atoms with Gasteiger partial charge in [0.05, 0.1) is 0 Å². The van der Waals surface area contributed by atoms with E-state index in [1.54, 1.807) is 0 Å². The van der Waals surface area contributed by atoms with E-state index in [0.29, 0.717) is 0 Å². The third-order valence-electron chi connectivity index (χ3n) is 9.99. The standard InChI is InChI=1S/C45H45N4P2/c1-32-27-34(3)42(35(4)28-32)46-31-47(43-36(5)29-33(2)30-37(43)6)51-48(44(38-19-11-7-12-20-38)39-21-13-8-14-22-39)50(46)49(51)45(40-23-15-9-16-24-40)41-25-17-10-18-26-41/h7-31,44-45H,1-6H3/q+1. The summed E-state index contributed by atoms with van der Waals surface area (Å²) in [5.74, 6) is 0. The van der Waals surface area contributed by atoms with Crippen LogP contribution >= 0.6 is 15.6 Å². The largest absolute Gasteiger partial charge is 0.304 e. The Kier molecular flexibility index (Phi) is 8.84. The number of benzene rings is 6. The molecule has 254 valence electrons. The highest BCUT2D eigenvalue weighted by molar-refractivity contribution is 7.56. The molecule has 0 N–H and O–H groups in total. The fourth-order valence-electron chi connectivity index (χ4n) is 8.12. The van der Waals surface area contributed by atoms with Gasteiger partial charge in [-0.1, -0.05) is 157 Å². The quantitative estimate of drug-likeness (QED) is 0.150. The van der Waals surface area contributed by atoms with Gasteiger partial charge in [0.15, 0.2) is 6.33 Å². The van der Waals surface area contributed by atoms with Crippen molar-refractivity contribution in [2.45, 2.75) is 53.6 Å². The van der Waals surface area contributed by atoms with Crippen molar-refractivity contribution in [2.24, 2.45) is 0 Å². The van der Waals surface area contributed by atoms with Gasteiger partial charge in [0.25, 0.3) is 0 Å². The van der Waals surface area contributed by atoms with Crippen LogP contribution in [-0.2, 0) is 0 Å². The van der Waals surface area contributed by atoms with Crippen molar-refractivity contribution < 1.29 is 4.33 Å². The van der Waals surface area contributed by atoms with Crippen LogP contribution in [0, 0.1) is 41.5 Å². The lowest BCUT2D eigenvalue weighted by Crippen LogP contribution is -2.40. The summed E-state index contributed by atoms with van der Waals surface area (Å²) < 4.78 is 11.1. The Morgan fingerprint density at radius 3 is 1.14 bits per heavy atom.